The number of amides is 2. The van der Waals surface area contributed by atoms with Crippen LogP contribution in [-0.2, 0) is 14.4 Å². The first-order chi connectivity index (χ1) is 8.93. The van der Waals surface area contributed by atoms with Crippen molar-refractivity contribution in [3.05, 3.63) is 0 Å². The molecule has 0 aromatic rings. The maximum atomic E-state index is 11.9. The summed E-state index contributed by atoms with van der Waals surface area (Å²) in [6, 6.07) is -0.897. The lowest BCUT2D eigenvalue weighted by Gasteiger charge is -2.33. The number of nitrogens with one attached hydrogen (secondary N) is 1. The number of aliphatic carboxylic acids is 1. The standard InChI is InChI=1S/C12H21N3O4/c1-2-10(16)14-8-3-5-15(6-4-8)12(19)9(13)7-11(17)18/h8-9H,2-7,13H2,1H3,(H,14,16)(H,17,18). The Hall–Kier alpha value is -1.63. The van der Waals surface area contributed by atoms with Crippen LogP contribution in [0, 0.1) is 0 Å². The smallest absolute Gasteiger partial charge is 0.305 e. The van der Waals surface area contributed by atoms with Crippen LogP contribution in [0.2, 0.25) is 0 Å². The molecule has 1 atom stereocenters. The molecule has 1 saturated heterocycles. The summed E-state index contributed by atoms with van der Waals surface area (Å²) in [5, 5.41) is 11.5. The van der Waals surface area contributed by atoms with Crippen molar-refractivity contribution < 1.29 is 19.5 Å². The lowest BCUT2D eigenvalue weighted by atomic mass is 10.0. The van der Waals surface area contributed by atoms with Crippen molar-refractivity contribution in [1.82, 2.24) is 10.2 Å². The van der Waals surface area contributed by atoms with Gasteiger partial charge in [-0.25, -0.2) is 0 Å². The average Bonchev–Trinajstić information content (AvgIpc) is 2.37. The van der Waals surface area contributed by atoms with Gasteiger partial charge in [0.25, 0.3) is 0 Å². The molecule has 1 rings (SSSR count). The molecule has 1 aliphatic rings. The molecule has 7 nitrogen and oxygen atoms in total. The number of carbonyl (C=O) groups excluding carboxylic acids is 2. The van der Waals surface area contributed by atoms with Crippen molar-refractivity contribution in [3.63, 3.8) is 0 Å². The SMILES string of the molecule is CCC(=O)NC1CCN(C(=O)C(N)CC(=O)O)CC1. The third-order valence-electron chi connectivity index (χ3n) is 3.20. The maximum absolute atomic E-state index is 11.9. The highest BCUT2D eigenvalue weighted by atomic mass is 16.4. The number of carboxylic acid groups (broad SMARTS) is 1. The zero-order chi connectivity index (χ0) is 14.4. The average molecular weight is 271 g/mol. The lowest BCUT2D eigenvalue weighted by Crippen LogP contribution is -2.51. The Kier molecular flexibility index (Phi) is 5.75. The van der Waals surface area contributed by atoms with E-state index in [0.717, 1.165) is 0 Å². The first kappa shape index (κ1) is 15.4. The molecule has 19 heavy (non-hydrogen) atoms. The maximum Gasteiger partial charge on any atom is 0.305 e. The third-order valence-corrected chi connectivity index (χ3v) is 3.20. The molecule has 0 radical (unpaired) electrons. The molecule has 7 heteroatoms. The highest BCUT2D eigenvalue weighted by molar-refractivity contribution is 5.86. The van der Waals surface area contributed by atoms with Gasteiger partial charge in [0.15, 0.2) is 0 Å². The van der Waals surface area contributed by atoms with Gasteiger partial charge in [0, 0.05) is 25.6 Å². The molecule has 4 N–H and O–H groups in total. The summed E-state index contributed by atoms with van der Waals surface area (Å²) in [6.07, 6.45) is 1.45. The van der Waals surface area contributed by atoms with Gasteiger partial charge in [-0.15, -0.1) is 0 Å². The summed E-state index contributed by atoms with van der Waals surface area (Å²) < 4.78 is 0. The van der Waals surface area contributed by atoms with E-state index in [9.17, 15) is 14.4 Å². The van der Waals surface area contributed by atoms with E-state index >= 15 is 0 Å². The van der Waals surface area contributed by atoms with Crippen LogP contribution in [0.5, 0.6) is 0 Å². The number of nitrogens with two attached hydrogens (primary N) is 1. The molecule has 0 bridgehead atoms. The van der Waals surface area contributed by atoms with Crippen LogP contribution < -0.4 is 11.1 Å². The summed E-state index contributed by atoms with van der Waals surface area (Å²) in [5.41, 5.74) is 5.54. The summed E-state index contributed by atoms with van der Waals surface area (Å²) in [6.45, 7) is 2.79. The lowest BCUT2D eigenvalue weighted by molar-refractivity contribution is -0.142. The van der Waals surface area contributed by atoms with Crippen molar-refractivity contribution in [3.8, 4) is 0 Å². The Morgan fingerprint density at radius 1 is 1.37 bits per heavy atom. The number of hydrogen-bond donors (Lipinski definition) is 3. The van der Waals surface area contributed by atoms with E-state index < -0.39 is 12.0 Å². The van der Waals surface area contributed by atoms with Crippen LogP contribution in [-0.4, -0.2) is 53.0 Å². The molecule has 108 valence electrons. The van der Waals surface area contributed by atoms with Gasteiger partial charge < -0.3 is 21.1 Å². The van der Waals surface area contributed by atoms with E-state index in [1.807, 2.05) is 0 Å². The largest absolute Gasteiger partial charge is 0.481 e. The van der Waals surface area contributed by atoms with Crippen molar-refractivity contribution in [2.24, 2.45) is 5.73 Å². The number of rotatable bonds is 5. The summed E-state index contributed by atoms with van der Waals surface area (Å²) >= 11 is 0. The molecule has 0 aromatic carbocycles. The topological polar surface area (TPSA) is 113 Å². The van der Waals surface area contributed by atoms with Gasteiger partial charge in [0.1, 0.15) is 0 Å². The Morgan fingerprint density at radius 3 is 2.42 bits per heavy atom. The number of carbonyl (C=O) groups is 3. The van der Waals surface area contributed by atoms with Gasteiger partial charge in [-0.3, -0.25) is 14.4 Å². The van der Waals surface area contributed by atoms with Gasteiger partial charge >= 0.3 is 5.97 Å². The van der Waals surface area contributed by atoms with Gasteiger partial charge in [-0.1, -0.05) is 6.92 Å². The van der Waals surface area contributed by atoms with Crippen LogP contribution in [0.3, 0.4) is 0 Å². The van der Waals surface area contributed by atoms with Crippen LogP contribution >= 0.6 is 0 Å². The van der Waals surface area contributed by atoms with Gasteiger partial charge in [0.2, 0.25) is 11.8 Å². The monoisotopic (exact) mass is 271 g/mol. The fourth-order valence-corrected chi connectivity index (χ4v) is 2.08. The zero-order valence-electron chi connectivity index (χ0n) is 11.1. The zero-order valence-corrected chi connectivity index (χ0v) is 11.1. The second kappa shape index (κ2) is 7.08. The molecule has 1 aliphatic heterocycles. The second-order valence-corrected chi connectivity index (χ2v) is 4.72. The highest BCUT2D eigenvalue weighted by Crippen LogP contribution is 2.12. The fourth-order valence-electron chi connectivity index (χ4n) is 2.08. The van der Waals surface area contributed by atoms with Crippen molar-refractivity contribution in [2.75, 3.05) is 13.1 Å². The van der Waals surface area contributed by atoms with Gasteiger partial charge in [0.05, 0.1) is 12.5 Å². The number of hydrogen-bond acceptors (Lipinski definition) is 4. The van der Waals surface area contributed by atoms with Gasteiger partial charge in [-0.2, -0.15) is 0 Å². The summed E-state index contributed by atoms with van der Waals surface area (Å²) in [7, 11) is 0. The third kappa shape index (κ3) is 4.86. The molecular weight excluding hydrogens is 250 g/mol. The van der Waals surface area contributed by atoms with E-state index in [1.165, 1.54) is 0 Å². The van der Waals surface area contributed by atoms with Gasteiger partial charge in [-0.05, 0) is 12.8 Å². The predicted octanol–water partition coefficient (Wildman–Crippen LogP) is -0.694. The van der Waals surface area contributed by atoms with Crippen LogP contribution in [0.25, 0.3) is 0 Å². The molecule has 1 heterocycles. The minimum atomic E-state index is -1.08. The van der Waals surface area contributed by atoms with E-state index in [4.69, 9.17) is 10.8 Å². The van der Waals surface area contributed by atoms with E-state index in [-0.39, 0.29) is 24.3 Å². The van der Waals surface area contributed by atoms with Crippen LogP contribution in [0.1, 0.15) is 32.6 Å². The van der Waals surface area contributed by atoms with E-state index in [0.29, 0.717) is 32.4 Å². The van der Waals surface area contributed by atoms with Crippen molar-refractivity contribution in [2.45, 2.75) is 44.7 Å². The summed E-state index contributed by atoms with van der Waals surface area (Å²) in [5.74, 6) is -1.40. The molecular formula is C12H21N3O4. The van der Waals surface area contributed by atoms with Crippen LogP contribution in [0.4, 0.5) is 0 Å². The molecule has 0 aromatic heterocycles. The summed E-state index contributed by atoms with van der Waals surface area (Å²) in [4.78, 5) is 35.2. The molecule has 0 saturated carbocycles. The fraction of sp³-hybridized carbons (Fsp3) is 0.750. The number of piperidine rings is 1. The molecule has 0 aliphatic carbocycles. The van der Waals surface area contributed by atoms with Crippen molar-refractivity contribution in [1.29, 1.82) is 0 Å². The number of carboxylic acids is 1. The van der Waals surface area contributed by atoms with Crippen LogP contribution in [0.15, 0.2) is 0 Å². The molecule has 1 fully saturated rings. The minimum absolute atomic E-state index is 0.00681. The minimum Gasteiger partial charge on any atom is -0.481 e. The Morgan fingerprint density at radius 2 is 1.95 bits per heavy atom. The Bertz CT molecular complexity index is 351. The molecule has 0 spiro atoms. The first-order valence-electron chi connectivity index (χ1n) is 6.49. The molecule has 1 unspecified atom stereocenters. The molecule has 2 amide bonds. The number of nitrogens with zero attached hydrogens (tertiary/aromatic N) is 1. The highest BCUT2D eigenvalue weighted by Gasteiger charge is 2.27. The quantitative estimate of drug-likeness (QED) is 0.612. The van der Waals surface area contributed by atoms with Crippen molar-refractivity contribution >= 4 is 17.8 Å². The number of likely N-dealkylation sites (tertiary alicyclic amines) is 1. The Balaban J connectivity index is 2.38. The Labute approximate surface area is 112 Å². The van der Waals surface area contributed by atoms with E-state index in [1.54, 1.807) is 11.8 Å². The predicted molar refractivity (Wildman–Crippen MR) is 68.3 cm³/mol. The second-order valence-electron chi connectivity index (χ2n) is 4.72. The van der Waals surface area contributed by atoms with E-state index in [2.05, 4.69) is 5.32 Å². The normalized spacial score (nSPS) is 17.9. The first-order valence-corrected chi connectivity index (χ1v) is 6.49.